The van der Waals surface area contributed by atoms with E-state index >= 15 is 0 Å². The first kappa shape index (κ1) is 24.3. The number of aryl methyl sites for hydroxylation is 1. The number of rotatable bonds is 16. The maximum absolute atomic E-state index is 11.2. The van der Waals surface area contributed by atoms with Crippen LogP contribution in [-0.4, -0.2) is 28.5 Å². The van der Waals surface area contributed by atoms with Crippen LogP contribution in [-0.2, 0) is 27.7 Å². The molecule has 0 saturated carbocycles. The van der Waals surface area contributed by atoms with Gasteiger partial charge in [-0.25, -0.2) is 4.89 Å². The largest absolute Gasteiger partial charge is 0.493 e. The molecule has 0 amide bonds. The molecule has 0 fully saturated rings. The van der Waals surface area contributed by atoms with Gasteiger partial charge in [0.05, 0.1) is 13.2 Å². The fraction of sp³-hybridized carbons (Fsp3) is 0.636. The molecule has 0 bridgehead atoms. The molecule has 0 spiro atoms. The molecule has 28 heavy (non-hydrogen) atoms. The molecule has 0 saturated heterocycles. The third-order valence-corrected chi connectivity index (χ3v) is 4.71. The number of benzene rings is 1. The van der Waals surface area contributed by atoms with Crippen molar-refractivity contribution in [2.75, 3.05) is 6.61 Å². The molecule has 0 radical (unpaired) electrons. The highest BCUT2D eigenvalue weighted by molar-refractivity contribution is 6.36. The third kappa shape index (κ3) is 9.44. The van der Waals surface area contributed by atoms with Gasteiger partial charge in [-0.2, -0.15) is 0 Å². The number of carbonyl (C=O) groups excluding carboxylic acids is 2. The van der Waals surface area contributed by atoms with Crippen LogP contribution in [0.15, 0.2) is 12.1 Å². The molecule has 2 N–H and O–H groups in total. The van der Waals surface area contributed by atoms with Crippen LogP contribution in [0.4, 0.5) is 0 Å². The van der Waals surface area contributed by atoms with Gasteiger partial charge in [-0.1, -0.05) is 50.2 Å². The summed E-state index contributed by atoms with van der Waals surface area (Å²) in [7, 11) is 0. The molecule has 1 aromatic rings. The molecule has 0 aliphatic heterocycles. The maximum atomic E-state index is 11.2. The highest BCUT2D eigenvalue weighted by Gasteiger charge is 2.11. The second-order valence-corrected chi connectivity index (χ2v) is 7.25. The lowest BCUT2D eigenvalue weighted by Gasteiger charge is -2.15. The Morgan fingerprint density at radius 3 is 2.07 bits per heavy atom. The zero-order chi connectivity index (χ0) is 20.8. The lowest BCUT2D eigenvalue weighted by Crippen LogP contribution is -2.08. The molecule has 0 heterocycles. The first-order chi connectivity index (χ1) is 13.5. The van der Waals surface area contributed by atoms with E-state index in [1.54, 1.807) is 0 Å². The predicted octanol–water partition coefficient (Wildman–Crippen LogP) is 4.52. The van der Waals surface area contributed by atoms with E-state index in [2.05, 4.69) is 4.89 Å². The van der Waals surface area contributed by atoms with Crippen molar-refractivity contribution in [1.82, 2.24) is 0 Å². The van der Waals surface area contributed by atoms with Gasteiger partial charge in [-0.3, -0.25) is 14.8 Å². The Bertz CT molecular complexity index is 611. The maximum Gasteiger partial charge on any atom is 0.198 e. The van der Waals surface area contributed by atoms with E-state index in [0.29, 0.717) is 24.3 Å². The Labute approximate surface area is 167 Å². The predicted molar refractivity (Wildman–Crippen MR) is 107 cm³/mol. The molecule has 158 valence electrons. The molecule has 6 heteroatoms. The average Bonchev–Trinajstić information content (AvgIpc) is 2.66. The first-order valence-electron chi connectivity index (χ1n) is 10.2. The number of ether oxygens (including phenoxy) is 1. The molecular weight excluding hydrogens is 360 g/mol. The van der Waals surface area contributed by atoms with Crippen molar-refractivity contribution in [3.8, 4) is 5.75 Å². The van der Waals surface area contributed by atoms with Gasteiger partial charge in [0.2, 0.25) is 0 Å². The Morgan fingerprint density at radius 1 is 0.929 bits per heavy atom. The third-order valence-electron chi connectivity index (χ3n) is 4.71. The quantitative estimate of drug-likeness (QED) is 0.185. The Balaban J connectivity index is 2.16. The highest BCUT2D eigenvalue weighted by atomic mass is 17.1. The number of ketones is 2. The molecular formula is C22H34O6. The average molecular weight is 395 g/mol. The zero-order valence-electron chi connectivity index (χ0n) is 17.2. The molecule has 0 aromatic heterocycles. The summed E-state index contributed by atoms with van der Waals surface area (Å²) in [5.41, 5.74) is 2.42. The monoisotopic (exact) mass is 394 g/mol. The lowest BCUT2D eigenvalue weighted by molar-refractivity contribution is -0.253. The topological polar surface area (TPSA) is 93.1 Å². The summed E-state index contributed by atoms with van der Waals surface area (Å²) in [6.45, 7) is 3.72. The Morgan fingerprint density at radius 2 is 1.50 bits per heavy atom. The zero-order valence-corrected chi connectivity index (χ0v) is 17.2. The van der Waals surface area contributed by atoms with Crippen molar-refractivity contribution in [2.24, 2.45) is 0 Å². The molecule has 0 aliphatic carbocycles. The van der Waals surface area contributed by atoms with Gasteiger partial charge < -0.3 is 9.84 Å². The van der Waals surface area contributed by atoms with Gasteiger partial charge >= 0.3 is 0 Å². The van der Waals surface area contributed by atoms with E-state index in [4.69, 9.17) is 9.99 Å². The summed E-state index contributed by atoms with van der Waals surface area (Å²) < 4.78 is 5.86. The van der Waals surface area contributed by atoms with Crippen molar-refractivity contribution in [3.63, 3.8) is 0 Å². The van der Waals surface area contributed by atoms with Crippen molar-refractivity contribution in [1.29, 1.82) is 0 Å². The van der Waals surface area contributed by atoms with E-state index in [0.717, 1.165) is 62.5 Å². The summed E-state index contributed by atoms with van der Waals surface area (Å²) in [6, 6.07) is 3.76. The van der Waals surface area contributed by atoms with Gasteiger partial charge in [-0.05, 0) is 25.8 Å². The Kier molecular flexibility index (Phi) is 12.4. The smallest absolute Gasteiger partial charge is 0.198 e. The van der Waals surface area contributed by atoms with E-state index in [9.17, 15) is 14.7 Å². The van der Waals surface area contributed by atoms with Gasteiger partial charge in [0.1, 0.15) is 12.4 Å². The number of unbranched alkanes of at least 4 members (excludes halogenated alkanes) is 7. The van der Waals surface area contributed by atoms with Crippen LogP contribution in [0.3, 0.4) is 0 Å². The summed E-state index contributed by atoms with van der Waals surface area (Å²) in [6.07, 6.45) is 8.67. The minimum absolute atomic E-state index is 0.0298. The van der Waals surface area contributed by atoms with Crippen LogP contribution in [0.5, 0.6) is 5.75 Å². The first-order valence-corrected chi connectivity index (χ1v) is 10.2. The van der Waals surface area contributed by atoms with Crippen LogP contribution < -0.4 is 4.74 Å². The van der Waals surface area contributed by atoms with Gasteiger partial charge in [0.15, 0.2) is 11.6 Å². The minimum Gasteiger partial charge on any atom is -0.493 e. The number of aliphatic hydroxyl groups is 1. The Hall–Kier alpha value is -1.76. The summed E-state index contributed by atoms with van der Waals surface area (Å²) >= 11 is 0. The van der Waals surface area contributed by atoms with E-state index in [-0.39, 0.29) is 24.8 Å². The summed E-state index contributed by atoms with van der Waals surface area (Å²) in [5, 5.41) is 18.3. The second kappa shape index (κ2) is 14.3. The van der Waals surface area contributed by atoms with Gasteiger partial charge in [0, 0.05) is 24.5 Å². The van der Waals surface area contributed by atoms with Crippen LogP contribution in [0.25, 0.3) is 0 Å². The SMILES string of the molecule is CC(=O)C(=O)CCCCCCCCCCOc1c(CO)cc(C)cc1COO. The number of hydrogen-bond donors (Lipinski definition) is 2. The van der Waals surface area contributed by atoms with Crippen molar-refractivity contribution < 1.29 is 29.6 Å². The number of aliphatic hydroxyl groups excluding tert-OH is 1. The fourth-order valence-electron chi connectivity index (χ4n) is 3.21. The van der Waals surface area contributed by atoms with Crippen LogP contribution in [0.2, 0.25) is 0 Å². The molecule has 0 atom stereocenters. The molecule has 1 aromatic carbocycles. The normalized spacial score (nSPS) is 10.9. The second-order valence-electron chi connectivity index (χ2n) is 7.25. The van der Waals surface area contributed by atoms with Gasteiger partial charge in [0.25, 0.3) is 0 Å². The summed E-state index contributed by atoms with van der Waals surface area (Å²) in [5.74, 6) is 0.00358. The molecule has 6 nitrogen and oxygen atoms in total. The number of Topliss-reactive ketones (excluding diaryl/α,β-unsaturated/α-hetero) is 2. The molecule has 0 aliphatic rings. The van der Waals surface area contributed by atoms with Gasteiger partial charge in [-0.15, -0.1) is 0 Å². The van der Waals surface area contributed by atoms with E-state index in [1.165, 1.54) is 6.92 Å². The number of carbonyl (C=O) groups is 2. The van der Waals surface area contributed by atoms with Crippen LogP contribution >= 0.6 is 0 Å². The molecule has 0 unspecified atom stereocenters. The van der Waals surface area contributed by atoms with E-state index in [1.807, 2.05) is 19.1 Å². The molecule has 1 rings (SSSR count). The standard InChI is InChI=1S/C22H34O6/c1-17-13-19(15-23)22(20(14-17)16-28-26)27-12-10-8-6-4-3-5-7-9-11-21(25)18(2)24/h13-14,23,26H,3-12,15-16H2,1-2H3. The summed E-state index contributed by atoms with van der Waals surface area (Å²) in [4.78, 5) is 26.3. The van der Waals surface area contributed by atoms with Crippen molar-refractivity contribution in [2.45, 2.75) is 84.8 Å². The van der Waals surface area contributed by atoms with Crippen LogP contribution in [0.1, 0.15) is 81.4 Å². The van der Waals surface area contributed by atoms with Crippen LogP contribution in [0, 0.1) is 6.92 Å². The number of hydrogen-bond acceptors (Lipinski definition) is 6. The van der Waals surface area contributed by atoms with Crippen molar-refractivity contribution >= 4 is 11.6 Å². The minimum atomic E-state index is -0.338. The lowest BCUT2D eigenvalue weighted by atomic mass is 10.0. The highest BCUT2D eigenvalue weighted by Crippen LogP contribution is 2.27. The van der Waals surface area contributed by atoms with E-state index < -0.39 is 0 Å². The fourth-order valence-corrected chi connectivity index (χ4v) is 3.21. The van der Waals surface area contributed by atoms with Crippen molar-refractivity contribution in [3.05, 3.63) is 28.8 Å².